The summed E-state index contributed by atoms with van der Waals surface area (Å²) in [4.78, 5) is 4.94. The number of nitrogens with zero attached hydrogens (tertiary/aromatic N) is 3. The van der Waals surface area contributed by atoms with Crippen molar-refractivity contribution >= 4 is 10.0 Å². The van der Waals surface area contributed by atoms with Crippen LogP contribution in [0.3, 0.4) is 0 Å². The average molecular weight is 456 g/mol. The number of rotatable bonds is 3. The molecule has 31 heavy (non-hydrogen) atoms. The molecule has 0 bridgehead atoms. The van der Waals surface area contributed by atoms with Crippen molar-refractivity contribution in [3.8, 4) is 0 Å². The van der Waals surface area contributed by atoms with Crippen LogP contribution in [0.25, 0.3) is 0 Å². The van der Waals surface area contributed by atoms with E-state index in [1.807, 2.05) is 55.5 Å². The predicted octanol–water partition coefficient (Wildman–Crippen LogP) is 0.959. The van der Waals surface area contributed by atoms with Crippen LogP contribution in [0.4, 0.5) is 0 Å². The standard InChI is InChI=1S/C24H26N3O2S.ClH/c1-18-12-14-19(15-13-18)30(28,29)27-22-10-3-2-9-21(22)26-17-7-5-11-23(26)24(27)20-8-4-6-16-25-20;/h4-8,11-17,21-22,24H,2-3,9-10H2,1H3;1H/q+1;/p-1/t21-,22+,24?;/m1./s1. The van der Waals surface area contributed by atoms with E-state index in [1.54, 1.807) is 22.6 Å². The number of pyridine rings is 2. The number of hydrogen-bond acceptors (Lipinski definition) is 3. The normalized spacial score (nSPS) is 23.3. The monoisotopic (exact) mass is 455 g/mol. The Hall–Kier alpha value is -2.28. The quantitative estimate of drug-likeness (QED) is 0.553. The molecule has 5 nitrogen and oxygen atoms in total. The lowest BCUT2D eigenvalue weighted by molar-refractivity contribution is -0.745. The van der Waals surface area contributed by atoms with Crippen molar-refractivity contribution in [3.63, 3.8) is 0 Å². The largest absolute Gasteiger partial charge is 1.00 e. The van der Waals surface area contributed by atoms with Gasteiger partial charge in [0.1, 0.15) is 0 Å². The highest BCUT2D eigenvalue weighted by atomic mass is 35.5. The van der Waals surface area contributed by atoms with Gasteiger partial charge in [-0.15, -0.1) is 0 Å². The molecule has 3 atom stereocenters. The van der Waals surface area contributed by atoms with Crippen molar-refractivity contribution < 1.29 is 25.4 Å². The maximum atomic E-state index is 14.0. The molecule has 1 fully saturated rings. The van der Waals surface area contributed by atoms with E-state index < -0.39 is 16.1 Å². The second kappa shape index (κ2) is 8.69. The van der Waals surface area contributed by atoms with Crippen LogP contribution in [-0.2, 0) is 10.0 Å². The fourth-order valence-electron chi connectivity index (χ4n) is 5.01. The molecule has 2 aliphatic rings. The van der Waals surface area contributed by atoms with Gasteiger partial charge < -0.3 is 12.4 Å². The molecule has 0 saturated heterocycles. The van der Waals surface area contributed by atoms with E-state index in [9.17, 15) is 8.42 Å². The van der Waals surface area contributed by atoms with Gasteiger partial charge in [0.05, 0.1) is 16.6 Å². The molecule has 1 aliphatic carbocycles. The summed E-state index contributed by atoms with van der Waals surface area (Å²) in [6, 6.07) is 18.6. The summed E-state index contributed by atoms with van der Waals surface area (Å²) in [6.45, 7) is 1.97. The van der Waals surface area contributed by atoms with Crippen LogP contribution in [0.2, 0.25) is 0 Å². The highest BCUT2D eigenvalue weighted by molar-refractivity contribution is 7.89. The van der Waals surface area contributed by atoms with Crippen LogP contribution in [0.1, 0.15) is 54.7 Å². The lowest BCUT2D eigenvalue weighted by Gasteiger charge is -2.43. The van der Waals surface area contributed by atoms with Crippen molar-refractivity contribution in [1.29, 1.82) is 0 Å². The minimum atomic E-state index is -3.71. The van der Waals surface area contributed by atoms with Crippen LogP contribution in [0, 0.1) is 6.92 Å². The molecular weight excluding hydrogens is 430 g/mol. The molecule has 3 aromatic rings. The van der Waals surface area contributed by atoms with Crippen molar-refractivity contribution in [1.82, 2.24) is 9.29 Å². The second-order valence-corrected chi connectivity index (χ2v) is 10.1. The van der Waals surface area contributed by atoms with Gasteiger partial charge in [-0.2, -0.15) is 8.87 Å². The number of hydrogen-bond donors (Lipinski definition) is 0. The first-order valence-corrected chi connectivity index (χ1v) is 12.0. The number of sulfonamides is 1. The topological polar surface area (TPSA) is 54.2 Å². The fraction of sp³-hybridized carbons (Fsp3) is 0.333. The minimum Gasteiger partial charge on any atom is -1.00 e. The van der Waals surface area contributed by atoms with Crippen LogP contribution in [-0.4, -0.2) is 23.7 Å². The molecule has 0 N–H and O–H groups in total. The van der Waals surface area contributed by atoms with Gasteiger partial charge in [-0.05, 0) is 44.0 Å². The van der Waals surface area contributed by atoms with Gasteiger partial charge in [-0.3, -0.25) is 4.98 Å². The van der Waals surface area contributed by atoms with Crippen molar-refractivity contribution in [2.24, 2.45) is 0 Å². The Kier molecular flexibility index (Phi) is 6.15. The van der Waals surface area contributed by atoms with E-state index >= 15 is 0 Å². The minimum absolute atomic E-state index is 0. The summed E-state index contributed by atoms with van der Waals surface area (Å²) >= 11 is 0. The van der Waals surface area contributed by atoms with Crippen LogP contribution in [0.5, 0.6) is 0 Å². The first-order valence-electron chi connectivity index (χ1n) is 10.6. The third kappa shape index (κ3) is 3.77. The molecule has 5 rings (SSSR count). The van der Waals surface area contributed by atoms with Crippen molar-refractivity contribution in [3.05, 3.63) is 90.0 Å². The SMILES string of the molecule is Cc1ccc(S(=O)(=O)N2C(c3ccccn3)c3cccc[n+]3[C@@H]3CCCC[C@@H]32)cc1.[Cl-]. The number of benzene rings is 1. The highest BCUT2D eigenvalue weighted by Crippen LogP contribution is 2.43. The molecule has 0 amide bonds. The summed E-state index contributed by atoms with van der Waals surface area (Å²) in [5.74, 6) is 0. The third-order valence-electron chi connectivity index (χ3n) is 6.40. The van der Waals surface area contributed by atoms with E-state index in [-0.39, 0.29) is 24.5 Å². The van der Waals surface area contributed by atoms with Gasteiger partial charge in [0.15, 0.2) is 18.3 Å². The summed E-state index contributed by atoms with van der Waals surface area (Å²) < 4.78 is 32.1. The van der Waals surface area contributed by atoms with Crippen molar-refractivity contribution in [2.45, 2.75) is 55.6 Å². The Balaban J connectivity index is 0.00000231. The summed E-state index contributed by atoms with van der Waals surface area (Å²) in [6.07, 6.45) is 7.85. The van der Waals surface area contributed by atoms with Gasteiger partial charge in [0, 0.05) is 24.8 Å². The predicted molar refractivity (Wildman–Crippen MR) is 114 cm³/mol. The number of halogens is 1. The third-order valence-corrected chi connectivity index (χ3v) is 8.30. The summed E-state index contributed by atoms with van der Waals surface area (Å²) in [7, 11) is -3.71. The molecule has 162 valence electrons. The highest BCUT2D eigenvalue weighted by Gasteiger charge is 2.53. The molecule has 1 saturated carbocycles. The summed E-state index contributed by atoms with van der Waals surface area (Å²) in [5.41, 5.74) is 2.79. The van der Waals surface area contributed by atoms with Gasteiger partial charge in [-0.25, -0.2) is 8.42 Å². The Morgan fingerprint density at radius 2 is 1.71 bits per heavy atom. The number of fused-ring (bicyclic) bond motifs is 3. The van der Waals surface area contributed by atoms with E-state index in [1.165, 1.54) is 0 Å². The van der Waals surface area contributed by atoms with Crippen LogP contribution >= 0.6 is 0 Å². The van der Waals surface area contributed by atoms with Crippen LogP contribution in [0.15, 0.2) is 78.0 Å². The average Bonchev–Trinajstić information content (AvgIpc) is 2.79. The molecule has 0 spiro atoms. The van der Waals surface area contributed by atoms with Crippen LogP contribution < -0.4 is 17.0 Å². The molecule has 2 aromatic heterocycles. The zero-order valence-electron chi connectivity index (χ0n) is 17.4. The lowest BCUT2D eigenvalue weighted by Crippen LogP contribution is -3.00. The van der Waals surface area contributed by atoms with E-state index in [0.717, 1.165) is 42.6 Å². The Bertz CT molecular complexity index is 1150. The molecular formula is C24H26ClN3O2S. The molecule has 1 unspecified atom stereocenters. The molecule has 3 heterocycles. The maximum Gasteiger partial charge on any atom is 0.244 e. The van der Waals surface area contributed by atoms with Gasteiger partial charge in [0.2, 0.25) is 15.7 Å². The molecule has 0 radical (unpaired) electrons. The number of aryl methyl sites for hydroxylation is 1. The van der Waals surface area contributed by atoms with Gasteiger partial charge in [-0.1, -0.05) is 36.2 Å². The van der Waals surface area contributed by atoms with Crippen molar-refractivity contribution in [2.75, 3.05) is 0 Å². The van der Waals surface area contributed by atoms with E-state index in [0.29, 0.717) is 4.90 Å². The molecule has 1 aliphatic heterocycles. The molecule has 1 aromatic carbocycles. The lowest BCUT2D eigenvalue weighted by atomic mass is 9.86. The zero-order chi connectivity index (χ0) is 20.7. The summed E-state index contributed by atoms with van der Waals surface area (Å²) in [5, 5.41) is 0. The number of aromatic nitrogens is 2. The van der Waals surface area contributed by atoms with E-state index in [2.05, 4.69) is 15.7 Å². The first kappa shape index (κ1) is 21.9. The second-order valence-electron chi connectivity index (χ2n) is 8.26. The zero-order valence-corrected chi connectivity index (χ0v) is 19.0. The Labute approximate surface area is 190 Å². The first-order chi connectivity index (χ1) is 14.6. The molecule has 7 heteroatoms. The Morgan fingerprint density at radius 1 is 0.968 bits per heavy atom. The Morgan fingerprint density at radius 3 is 2.45 bits per heavy atom. The van der Waals surface area contributed by atoms with Gasteiger partial charge >= 0.3 is 0 Å². The maximum absolute atomic E-state index is 14.0. The van der Waals surface area contributed by atoms with E-state index in [4.69, 9.17) is 0 Å². The fourth-order valence-corrected chi connectivity index (χ4v) is 6.83. The van der Waals surface area contributed by atoms with Gasteiger partial charge in [0.25, 0.3) is 0 Å². The smallest absolute Gasteiger partial charge is 0.244 e.